The van der Waals surface area contributed by atoms with Gasteiger partial charge in [0.15, 0.2) is 0 Å². The molecule has 1 N–H and O–H groups in total. The van der Waals surface area contributed by atoms with Gasteiger partial charge in [0, 0.05) is 5.92 Å². The third-order valence-corrected chi connectivity index (χ3v) is 4.21. The van der Waals surface area contributed by atoms with Crippen molar-refractivity contribution in [2.75, 3.05) is 6.61 Å². The standard InChI is InChI=1S/C20H17NO3/c1-3-19(22)13(2)21-20(23)24-12-18-16-10-6-4-8-14(16)15-9-5-7-11-17(15)18/h1,4-11,13,18H,12H2,2H3,(H,21,23)/t13-/m0/s1. The number of rotatable bonds is 4. The number of carbonyl (C=O) groups is 2. The monoisotopic (exact) mass is 319 g/mol. The lowest BCUT2D eigenvalue weighted by atomic mass is 9.98. The Labute approximate surface area is 140 Å². The summed E-state index contributed by atoms with van der Waals surface area (Å²) < 4.78 is 5.33. The summed E-state index contributed by atoms with van der Waals surface area (Å²) in [6.45, 7) is 1.74. The molecular formula is C20H17NO3. The Morgan fingerprint density at radius 3 is 2.21 bits per heavy atom. The second-order valence-electron chi connectivity index (χ2n) is 5.70. The Hall–Kier alpha value is -3.06. The number of hydrogen-bond donors (Lipinski definition) is 1. The molecule has 0 spiro atoms. The highest BCUT2D eigenvalue weighted by Gasteiger charge is 2.29. The Morgan fingerprint density at radius 2 is 1.67 bits per heavy atom. The molecule has 0 heterocycles. The molecule has 0 aromatic heterocycles. The maximum absolute atomic E-state index is 11.9. The number of fused-ring (bicyclic) bond motifs is 3. The predicted molar refractivity (Wildman–Crippen MR) is 91.5 cm³/mol. The third kappa shape index (κ3) is 2.89. The molecular weight excluding hydrogens is 302 g/mol. The topological polar surface area (TPSA) is 55.4 Å². The lowest BCUT2D eigenvalue weighted by Gasteiger charge is -2.15. The van der Waals surface area contributed by atoms with Crippen LogP contribution in [0.25, 0.3) is 11.1 Å². The number of ketones is 1. The molecule has 4 nitrogen and oxygen atoms in total. The van der Waals surface area contributed by atoms with Crippen LogP contribution < -0.4 is 5.32 Å². The first-order chi connectivity index (χ1) is 11.6. The van der Waals surface area contributed by atoms with Crippen LogP contribution in [0.5, 0.6) is 0 Å². The largest absolute Gasteiger partial charge is 0.449 e. The smallest absolute Gasteiger partial charge is 0.407 e. The van der Waals surface area contributed by atoms with Crippen LogP contribution in [0.4, 0.5) is 4.79 Å². The van der Waals surface area contributed by atoms with Crippen LogP contribution in [0.3, 0.4) is 0 Å². The van der Waals surface area contributed by atoms with Crippen molar-refractivity contribution in [1.82, 2.24) is 5.32 Å². The van der Waals surface area contributed by atoms with Crippen LogP contribution in [0.15, 0.2) is 48.5 Å². The minimum atomic E-state index is -0.759. The van der Waals surface area contributed by atoms with Gasteiger partial charge in [0.05, 0.1) is 0 Å². The molecule has 1 amide bonds. The van der Waals surface area contributed by atoms with Crippen LogP contribution in [0.2, 0.25) is 0 Å². The van der Waals surface area contributed by atoms with Gasteiger partial charge in [0.25, 0.3) is 0 Å². The maximum atomic E-state index is 11.9. The highest BCUT2D eigenvalue weighted by atomic mass is 16.5. The molecule has 3 rings (SSSR count). The summed E-state index contributed by atoms with van der Waals surface area (Å²) in [6, 6.07) is 15.4. The van der Waals surface area contributed by atoms with Crippen LogP contribution in [-0.2, 0) is 9.53 Å². The van der Waals surface area contributed by atoms with E-state index >= 15 is 0 Å². The van der Waals surface area contributed by atoms with Gasteiger partial charge in [-0.05, 0) is 35.1 Å². The van der Waals surface area contributed by atoms with Crippen molar-refractivity contribution in [2.24, 2.45) is 0 Å². The molecule has 0 saturated heterocycles. The summed E-state index contributed by atoms with van der Waals surface area (Å²) in [5, 5.41) is 2.45. The predicted octanol–water partition coefficient (Wildman–Crippen LogP) is 3.12. The molecule has 2 aromatic rings. The van der Waals surface area contributed by atoms with Gasteiger partial charge in [-0.15, -0.1) is 6.42 Å². The Bertz CT molecular complexity index is 789. The highest BCUT2D eigenvalue weighted by molar-refractivity contribution is 6.00. The van der Waals surface area contributed by atoms with E-state index in [-0.39, 0.29) is 12.5 Å². The van der Waals surface area contributed by atoms with Crippen molar-refractivity contribution in [3.63, 3.8) is 0 Å². The van der Waals surface area contributed by atoms with Crippen molar-refractivity contribution in [2.45, 2.75) is 18.9 Å². The minimum absolute atomic E-state index is 0.0122. The molecule has 1 aliphatic carbocycles. The van der Waals surface area contributed by atoms with Gasteiger partial charge >= 0.3 is 6.09 Å². The first kappa shape index (κ1) is 15.8. The number of nitrogens with one attached hydrogen (secondary N) is 1. The van der Waals surface area contributed by atoms with Crippen molar-refractivity contribution in [1.29, 1.82) is 0 Å². The van der Waals surface area contributed by atoms with Crippen LogP contribution >= 0.6 is 0 Å². The number of amides is 1. The zero-order valence-corrected chi connectivity index (χ0v) is 13.3. The first-order valence-electron chi connectivity index (χ1n) is 7.73. The zero-order chi connectivity index (χ0) is 17.1. The SMILES string of the molecule is C#CC(=O)[C@H](C)NC(=O)OCC1c2ccccc2-c2ccccc21. The van der Waals surface area contributed by atoms with Crippen molar-refractivity contribution in [3.05, 3.63) is 59.7 Å². The van der Waals surface area contributed by atoms with Gasteiger partial charge in [0.1, 0.15) is 12.6 Å². The second kappa shape index (κ2) is 6.59. The molecule has 1 atom stereocenters. The summed E-state index contributed by atoms with van der Waals surface area (Å²) in [4.78, 5) is 23.2. The van der Waals surface area contributed by atoms with E-state index < -0.39 is 17.9 Å². The average Bonchev–Trinajstić information content (AvgIpc) is 2.93. The molecule has 0 fully saturated rings. The summed E-state index contributed by atoms with van der Waals surface area (Å²) >= 11 is 0. The number of carbonyl (C=O) groups excluding carboxylic acids is 2. The number of terminal acetylenes is 1. The van der Waals surface area contributed by atoms with E-state index in [0.717, 1.165) is 22.3 Å². The highest BCUT2D eigenvalue weighted by Crippen LogP contribution is 2.44. The molecule has 120 valence electrons. The first-order valence-corrected chi connectivity index (χ1v) is 7.73. The zero-order valence-electron chi connectivity index (χ0n) is 13.3. The fraction of sp³-hybridized carbons (Fsp3) is 0.200. The molecule has 0 radical (unpaired) electrons. The molecule has 0 aliphatic heterocycles. The van der Waals surface area contributed by atoms with Crippen molar-refractivity contribution >= 4 is 11.9 Å². The average molecular weight is 319 g/mol. The number of ether oxygens (including phenoxy) is 1. The van der Waals surface area contributed by atoms with Crippen LogP contribution in [0, 0.1) is 12.3 Å². The van der Waals surface area contributed by atoms with Gasteiger partial charge in [-0.2, -0.15) is 0 Å². The van der Waals surface area contributed by atoms with E-state index in [1.54, 1.807) is 0 Å². The summed E-state index contributed by atoms with van der Waals surface area (Å²) in [5.41, 5.74) is 4.61. The molecule has 1 aliphatic rings. The molecule has 0 bridgehead atoms. The Balaban J connectivity index is 1.73. The quantitative estimate of drug-likeness (QED) is 0.696. The number of hydrogen-bond acceptors (Lipinski definition) is 3. The normalized spacial score (nSPS) is 13.3. The van der Waals surface area contributed by atoms with E-state index in [1.807, 2.05) is 42.3 Å². The van der Waals surface area contributed by atoms with E-state index in [1.165, 1.54) is 6.92 Å². The summed E-state index contributed by atoms with van der Waals surface area (Å²) in [5.74, 6) is 1.49. The Morgan fingerprint density at radius 1 is 1.12 bits per heavy atom. The minimum Gasteiger partial charge on any atom is -0.449 e. The lowest BCUT2D eigenvalue weighted by molar-refractivity contribution is -0.115. The maximum Gasteiger partial charge on any atom is 0.407 e. The van der Waals surface area contributed by atoms with E-state index in [2.05, 4.69) is 17.4 Å². The fourth-order valence-electron chi connectivity index (χ4n) is 3.01. The molecule has 24 heavy (non-hydrogen) atoms. The van der Waals surface area contributed by atoms with E-state index in [0.29, 0.717) is 0 Å². The van der Waals surface area contributed by atoms with Gasteiger partial charge in [-0.3, -0.25) is 4.79 Å². The van der Waals surface area contributed by atoms with Crippen molar-refractivity contribution < 1.29 is 14.3 Å². The number of Topliss-reactive ketones (excluding diaryl/α,β-unsaturated/α-hetero) is 1. The molecule has 0 saturated carbocycles. The van der Waals surface area contributed by atoms with Gasteiger partial charge < -0.3 is 10.1 Å². The molecule has 0 unspecified atom stereocenters. The number of benzene rings is 2. The summed E-state index contributed by atoms with van der Waals surface area (Å²) in [6.07, 6.45) is 4.39. The fourth-order valence-corrected chi connectivity index (χ4v) is 3.01. The summed E-state index contributed by atoms with van der Waals surface area (Å²) in [7, 11) is 0. The van der Waals surface area contributed by atoms with Crippen LogP contribution in [0.1, 0.15) is 24.0 Å². The Kier molecular flexibility index (Phi) is 4.35. The lowest BCUT2D eigenvalue weighted by Crippen LogP contribution is -2.38. The van der Waals surface area contributed by atoms with Gasteiger partial charge in [-0.1, -0.05) is 48.5 Å². The second-order valence-corrected chi connectivity index (χ2v) is 5.70. The van der Waals surface area contributed by atoms with E-state index in [4.69, 9.17) is 11.2 Å². The van der Waals surface area contributed by atoms with E-state index in [9.17, 15) is 9.59 Å². The van der Waals surface area contributed by atoms with Crippen molar-refractivity contribution in [3.8, 4) is 23.5 Å². The molecule has 4 heteroatoms. The number of alkyl carbamates (subject to hydrolysis) is 1. The van der Waals surface area contributed by atoms with Gasteiger partial charge in [-0.25, -0.2) is 4.79 Å². The third-order valence-electron chi connectivity index (χ3n) is 4.21. The molecule has 2 aromatic carbocycles. The van der Waals surface area contributed by atoms with Crippen LogP contribution in [-0.4, -0.2) is 24.5 Å². The van der Waals surface area contributed by atoms with Gasteiger partial charge in [0.2, 0.25) is 5.78 Å².